The van der Waals surface area contributed by atoms with E-state index in [2.05, 4.69) is 23.2 Å². The number of hydrogen-bond donors (Lipinski definition) is 1. The topological polar surface area (TPSA) is 37.6 Å². The summed E-state index contributed by atoms with van der Waals surface area (Å²) in [5.41, 5.74) is 0. The normalized spacial score (nSPS) is 21.9. The first-order valence-electron chi connectivity index (χ1n) is 6.37. The average molecular weight is 238 g/mol. The predicted molar refractivity (Wildman–Crippen MR) is 66.8 cm³/mol. The van der Waals surface area contributed by atoms with Crippen molar-refractivity contribution in [3.05, 3.63) is 23.7 Å². The highest BCUT2D eigenvalue weighted by Gasteiger charge is 2.22. The van der Waals surface area contributed by atoms with Gasteiger partial charge in [0.1, 0.15) is 11.5 Å². The van der Waals surface area contributed by atoms with Gasteiger partial charge < -0.3 is 14.5 Å². The molecule has 4 nitrogen and oxygen atoms in total. The summed E-state index contributed by atoms with van der Waals surface area (Å²) in [6, 6.07) is 4.66. The predicted octanol–water partition coefficient (Wildman–Crippen LogP) is 1.61. The lowest BCUT2D eigenvalue weighted by molar-refractivity contribution is -0.0155. The molecule has 1 aromatic heterocycles. The molecule has 0 saturated carbocycles. The van der Waals surface area contributed by atoms with E-state index in [1.807, 2.05) is 13.1 Å². The lowest BCUT2D eigenvalue weighted by atomic mass is 10.1. The van der Waals surface area contributed by atoms with Gasteiger partial charge in [-0.25, -0.2) is 0 Å². The molecule has 17 heavy (non-hydrogen) atoms. The fraction of sp³-hybridized carbons (Fsp3) is 0.692. The van der Waals surface area contributed by atoms with Crippen molar-refractivity contribution in [2.45, 2.75) is 32.5 Å². The molecule has 0 bridgehead atoms. The molecule has 0 aromatic carbocycles. The van der Waals surface area contributed by atoms with E-state index in [4.69, 9.17) is 9.15 Å². The van der Waals surface area contributed by atoms with Gasteiger partial charge in [0, 0.05) is 12.6 Å². The summed E-state index contributed by atoms with van der Waals surface area (Å²) in [6.07, 6.45) is 1.13. The second-order valence-electron chi connectivity index (χ2n) is 4.51. The largest absolute Gasteiger partial charge is 0.463 e. The molecule has 96 valence electrons. The third-order valence-corrected chi connectivity index (χ3v) is 3.25. The van der Waals surface area contributed by atoms with E-state index >= 15 is 0 Å². The lowest BCUT2D eigenvalue weighted by Gasteiger charge is -2.34. The highest BCUT2D eigenvalue weighted by Crippen LogP contribution is 2.16. The molecule has 1 saturated heterocycles. The fourth-order valence-corrected chi connectivity index (χ4v) is 2.25. The Morgan fingerprint density at radius 3 is 3.00 bits per heavy atom. The molecule has 1 aliphatic rings. The van der Waals surface area contributed by atoms with Crippen LogP contribution < -0.4 is 5.32 Å². The fourth-order valence-electron chi connectivity index (χ4n) is 2.25. The van der Waals surface area contributed by atoms with Crippen LogP contribution in [0.1, 0.15) is 24.9 Å². The molecule has 2 rings (SSSR count). The average Bonchev–Trinajstić information content (AvgIpc) is 2.78. The van der Waals surface area contributed by atoms with E-state index in [9.17, 15) is 0 Å². The molecule has 4 heteroatoms. The molecule has 0 spiro atoms. The zero-order valence-corrected chi connectivity index (χ0v) is 10.7. The molecule has 1 aliphatic heterocycles. The van der Waals surface area contributed by atoms with Crippen LogP contribution in [0, 0.1) is 0 Å². The Morgan fingerprint density at radius 1 is 1.41 bits per heavy atom. The van der Waals surface area contributed by atoms with Gasteiger partial charge in [0.2, 0.25) is 0 Å². The Hall–Kier alpha value is -0.840. The zero-order chi connectivity index (χ0) is 12.1. The number of nitrogens with zero attached hydrogens (tertiary/aromatic N) is 1. The maximum Gasteiger partial charge on any atom is 0.118 e. The van der Waals surface area contributed by atoms with Crippen LogP contribution in [0.2, 0.25) is 0 Å². The Kier molecular flexibility index (Phi) is 4.59. The molecule has 1 aromatic rings. The summed E-state index contributed by atoms with van der Waals surface area (Å²) >= 11 is 0. The molecular weight excluding hydrogens is 216 g/mol. The standard InChI is InChI=1S/C13H22N2O2/c1-3-11-10-16-7-6-15(11)9-13-5-4-12(17-13)8-14-2/h4-5,11,14H,3,6-10H2,1-2H3. The maximum atomic E-state index is 5.77. The van der Waals surface area contributed by atoms with Gasteiger partial charge in [0.15, 0.2) is 0 Å². The SMILES string of the molecule is CCC1COCCN1Cc1ccc(CNC)o1. The monoisotopic (exact) mass is 238 g/mol. The molecule has 1 fully saturated rings. The van der Waals surface area contributed by atoms with E-state index in [-0.39, 0.29) is 0 Å². The van der Waals surface area contributed by atoms with E-state index < -0.39 is 0 Å². The summed E-state index contributed by atoms with van der Waals surface area (Å²) in [5.74, 6) is 2.06. The van der Waals surface area contributed by atoms with Crippen LogP contribution in [0.5, 0.6) is 0 Å². The first kappa shape index (κ1) is 12.6. The highest BCUT2D eigenvalue weighted by atomic mass is 16.5. The van der Waals surface area contributed by atoms with E-state index in [1.165, 1.54) is 0 Å². The van der Waals surface area contributed by atoms with Crippen molar-refractivity contribution in [1.82, 2.24) is 10.2 Å². The van der Waals surface area contributed by atoms with Crippen LogP contribution >= 0.6 is 0 Å². The van der Waals surface area contributed by atoms with Gasteiger partial charge in [0.05, 0.1) is 26.3 Å². The Bertz CT molecular complexity index is 338. The number of morpholine rings is 1. The van der Waals surface area contributed by atoms with Crippen molar-refractivity contribution in [3.8, 4) is 0 Å². The molecule has 2 heterocycles. The van der Waals surface area contributed by atoms with E-state index in [0.29, 0.717) is 6.04 Å². The summed E-state index contributed by atoms with van der Waals surface area (Å²) < 4.78 is 11.3. The van der Waals surface area contributed by atoms with Crippen LogP contribution in [-0.4, -0.2) is 37.7 Å². The number of rotatable bonds is 5. The maximum absolute atomic E-state index is 5.77. The number of hydrogen-bond acceptors (Lipinski definition) is 4. The van der Waals surface area contributed by atoms with Crippen LogP contribution in [0.15, 0.2) is 16.5 Å². The number of furan rings is 1. The number of ether oxygens (including phenoxy) is 1. The van der Waals surface area contributed by atoms with Gasteiger partial charge in [-0.05, 0) is 25.6 Å². The summed E-state index contributed by atoms with van der Waals surface area (Å²) in [6.45, 7) is 6.58. The van der Waals surface area contributed by atoms with Crippen molar-refractivity contribution < 1.29 is 9.15 Å². The van der Waals surface area contributed by atoms with Crippen LogP contribution in [0.25, 0.3) is 0 Å². The smallest absolute Gasteiger partial charge is 0.118 e. The second-order valence-corrected chi connectivity index (χ2v) is 4.51. The van der Waals surface area contributed by atoms with Crippen molar-refractivity contribution >= 4 is 0 Å². The van der Waals surface area contributed by atoms with Crippen LogP contribution in [0.3, 0.4) is 0 Å². The number of nitrogens with one attached hydrogen (secondary N) is 1. The minimum Gasteiger partial charge on any atom is -0.463 e. The van der Waals surface area contributed by atoms with Crippen molar-refractivity contribution in [1.29, 1.82) is 0 Å². The van der Waals surface area contributed by atoms with Gasteiger partial charge in [0.25, 0.3) is 0 Å². The van der Waals surface area contributed by atoms with Crippen molar-refractivity contribution in [2.75, 3.05) is 26.8 Å². The summed E-state index contributed by atoms with van der Waals surface area (Å²) in [5, 5.41) is 3.09. The van der Waals surface area contributed by atoms with Crippen LogP contribution in [0.4, 0.5) is 0 Å². The minimum atomic E-state index is 0.529. The molecule has 0 radical (unpaired) electrons. The zero-order valence-electron chi connectivity index (χ0n) is 10.7. The third kappa shape index (κ3) is 3.31. The van der Waals surface area contributed by atoms with E-state index in [0.717, 1.165) is 50.8 Å². The third-order valence-electron chi connectivity index (χ3n) is 3.25. The van der Waals surface area contributed by atoms with Gasteiger partial charge in [-0.1, -0.05) is 6.92 Å². The Morgan fingerprint density at radius 2 is 2.24 bits per heavy atom. The van der Waals surface area contributed by atoms with E-state index in [1.54, 1.807) is 0 Å². The molecule has 1 N–H and O–H groups in total. The first-order chi connectivity index (χ1) is 8.33. The van der Waals surface area contributed by atoms with Gasteiger partial charge in [-0.2, -0.15) is 0 Å². The van der Waals surface area contributed by atoms with Gasteiger partial charge >= 0.3 is 0 Å². The molecular formula is C13H22N2O2. The quantitative estimate of drug-likeness (QED) is 0.845. The van der Waals surface area contributed by atoms with Gasteiger partial charge in [-0.15, -0.1) is 0 Å². The second kappa shape index (κ2) is 6.19. The lowest BCUT2D eigenvalue weighted by Crippen LogP contribution is -2.44. The highest BCUT2D eigenvalue weighted by molar-refractivity contribution is 5.07. The summed E-state index contributed by atoms with van der Waals surface area (Å²) in [4.78, 5) is 2.45. The van der Waals surface area contributed by atoms with Crippen molar-refractivity contribution in [2.24, 2.45) is 0 Å². The minimum absolute atomic E-state index is 0.529. The van der Waals surface area contributed by atoms with Crippen molar-refractivity contribution in [3.63, 3.8) is 0 Å². The molecule has 1 unspecified atom stereocenters. The molecule has 1 atom stereocenters. The molecule has 0 amide bonds. The van der Waals surface area contributed by atoms with Crippen LogP contribution in [-0.2, 0) is 17.8 Å². The Balaban J connectivity index is 1.93. The van der Waals surface area contributed by atoms with Gasteiger partial charge in [-0.3, -0.25) is 4.90 Å². The Labute approximate surface area is 103 Å². The molecule has 0 aliphatic carbocycles. The first-order valence-corrected chi connectivity index (χ1v) is 6.37. The summed E-state index contributed by atoms with van der Waals surface area (Å²) in [7, 11) is 1.93.